The summed E-state index contributed by atoms with van der Waals surface area (Å²) in [5.74, 6) is 0.226. The van der Waals surface area contributed by atoms with Crippen molar-refractivity contribution in [1.82, 2.24) is 5.32 Å². The van der Waals surface area contributed by atoms with Crippen molar-refractivity contribution >= 4 is 23.2 Å². The number of hydrogen-bond donors (Lipinski definition) is 1. The van der Waals surface area contributed by atoms with Gasteiger partial charge in [-0.2, -0.15) is 0 Å². The molecule has 0 saturated carbocycles. The second kappa shape index (κ2) is 6.78. The summed E-state index contributed by atoms with van der Waals surface area (Å²) < 4.78 is 19.6. The van der Waals surface area contributed by atoms with E-state index in [2.05, 4.69) is 12.2 Å². The van der Waals surface area contributed by atoms with E-state index in [1.165, 1.54) is 6.07 Å². The fraction of sp³-hybridized carbons (Fsp3) is 0.571. The van der Waals surface area contributed by atoms with Crippen molar-refractivity contribution in [2.75, 3.05) is 13.1 Å². The third kappa shape index (κ3) is 3.53. The van der Waals surface area contributed by atoms with Crippen LogP contribution in [0.5, 0.6) is 5.75 Å². The van der Waals surface area contributed by atoms with Crippen LogP contribution in [-0.2, 0) is 0 Å². The first kappa shape index (κ1) is 14.9. The maximum atomic E-state index is 13.6. The van der Waals surface area contributed by atoms with Crippen LogP contribution in [0.1, 0.15) is 26.2 Å². The molecule has 5 heteroatoms. The molecule has 0 aromatic heterocycles. The molecule has 0 radical (unpaired) electrons. The van der Waals surface area contributed by atoms with Gasteiger partial charge in [0.2, 0.25) is 0 Å². The molecule has 1 fully saturated rings. The molecule has 0 amide bonds. The van der Waals surface area contributed by atoms with Gasteiger partial charge in [0.25, 0.3) is 0 Å². The number of benzene rings is 1. The highest BCUT2D eigenvalue weighted by Gasteiger charge is 2.27. The van der Waals surface area contributed by atoms with Crippen molar-refractivity contribution in [2.24, 2.45) is 5.92 Å². The topological polar surface area (TPSA) is 21.3 Å². The average molecular weight is 306 g/mol. The fourth-order valence-electron chi connectivity index (χ4n) is 2.43. The summed E-state index contributed by atoms with van der Waals surface area (Å²) in [4.78, 5) is 0. The van der Waals surface area contributed by atoms with E-state index >= 15 is 0 Å². The predicted molar refractivity (Wildman–Crippen MR) is 76.7 cm³/mol. The molecule has 1 aliphatic rings. The Morgan fingerprint density at radius 2 is 2.26 bits per heavy atom. The molecule has 1 heterocycles. The highest BCUT2D eigenvalue weighted by Crippen LogP contribution is 2.34. The van der Waals surface area contributed by atoms with E-state index in [0.29, 0.717) is 11.7 Å². The van der Waals surface area contributed by atoms with Crippen LogP contribution in [0.2, 0.25) is 10.0 Å². The fourth-order valence-corrected chi connectivity index (χ4v) is 2.85. The lowest BCUT2D eigenvalue weighted by molar-refractivity contribution is 0.132. The summed E-state index contributed by atoms with van der Waals surface area (Å²) in [6, 6.07) is 3.12. The number of halogens is 3. The van der Waals surface area contributed by atoms with Crippen LogP contribution < -0.4 is 10.1 Å². The molecule has 0 aliphatic carbocycles. The van der Waals surface area contributed by atoms with E-state index < -0.39 is 5.82 Å². The van der Waals surface area contributed by atoms with Crippen LogP contribution in [0.4, 0.5) is 4.39 Å². The highest BCUT2D eigenvalue weighted by atomic mass is 35.5. The van der Waals surface area contributed by atoms with E-state index in [1.807, 2.05) is 0 Å². The van der Waals surface area contributed by atoms with Crippen molar-refractivity contribution in [3.63, 3.8) is 0 Å². The Hall–Kier alpha value is -0.510. The summed E-state index contributed by atoms with van der Waals surface area (Å²) in [6.07, 6.45) is 3.11. The summed E-state index contributed by atoms with van der Waals surface area (Å²) in [5.41, 5.74) is 0. The first-order valence-corrected chi connectivity index (χ1v) is 7.40. The van der Waals surface area contributed by atoms with E-state index in [0.717, 1.165) is 32.4 Å². The Kier molecular flexibility index (Phi) is 5.31. The molecule has 1 N–H and O–H groups in total. The monoisotopic (exact) mass is 305 g/mol. The smallest absolute Gasteiger partial charge is 0.164 e. The maximum absolute atomic E-state index is 13.6. The third-order valence-electron chi connectivity index (χ3n) is 3.48. The van der Waals surface area contributed by atoms with Crippen molar-refractivity contribution in [1.29, 1.82) is 0 Å². The molecule has 0 unspecified atom stereocenters. The van der Waals surface area contributed by atoms with Crippen LogP contribution in [0.25, 0.3) is 0 Å². The van der Waals surface area contributed by atoms with Gasteiger partial charge >= 0.3 is 0 Å². The average Bonchev–Trinajstić information content (AvgIpc) is 2.92. The molecule has 1 aliphatic heterocycles. The van der Waals surface area contributed by atoms with Crippen LogP contribution in [0.15, 0.2) is 12.1 Å². The zero-order valence-electron chi connectivity index (χ0n) is 10.9. The van der Waals surface area contributed by atoms with Crippen molar-refractivity contribution in [3.8, 4) is 5.75 Å². The molecule has 0 spiro atoms. The van der Waals surface area contributed by atoms with Crippen LogP contribution in [-0.4, -0.2) is 19.2 Å². The lowest BCUT2D eigenvalue weighted by Gasteiger charge is -2.24. The molecule has 1 saturated heterocycles. The normalized spacial score (nSPS) is 20.5. The van der Waals surface area contributed by atoms with E-state index in [-0.39, 0.29) is 16.1 Å². The van der Waals surface area contributed by atoms with E-state index in [4.69, 9.17) is 27.9 Å². The van der Waals surface area contributed by atoms with Gasteiger partial charge in [0.05, 0.1) is 5.02 Å². The predicted octanol–water partition coefficient (Wildman–Crippen LogP) is 4.29. The van der Waals surface area contributed by atoms with Crippen LogP contribution in [0.3, 0.4) is 0 Å². The SMILES string of the molecule is CCC[C@H](Oc1ccc(Cl)c(F)c1Cl)[C@H]1CCNC1. The molecule has 0 bridgehead atoms. The number of nitrogens with one attached hydrogen (secondary N) is 1. The van der Waals surface area contributed by atoms with Crippen molar-refractivity contribution in [2.45, 2.75) is 32.3 Å². The minimum absolute atomic E-state index is 0.0203. The van der Waals surface area contributed by atoms with Crippen LogP contribution >= 0.6 is 23.2 Å². The molecule has 2 atom stereocenters. The third-order valence-corrected chi connectivity index (χ3v) is 4.12. The zero-order chi connectivity index (χ0) is 13.8. The zero-order valence-corrected chi connectivity index (χ0v) is 12.4. The molecule has 1 aromatic rings. The maximum Gasteiger partial charge on any atom is 0.164 e. The molecule has 2 nitrogen and oxygen atoms in total. The Balaban J connectivity index is 2.14. The lowest BCUT2D eigenvalue weighted by atomic mass is 9.97. The van der Waals surface area contributed by atoms with Gasteiger partial charge in [-0.1, -0.05) is 36.5 Å². The minimum atomic E-state index is -0.611. The van der Waals surface area contributed by atoms with Gasteiger partial charge < -0.3 is 10.1 Å². The minimum Gasteiger partial charge on any atom is -0.488 e. The molecule has 2 rings (SSSR count). The summed E-state index contributed by atoms with van der Waals surface area (Å²) >= 11 is 11.6. The van der Waals surface area contributed by atoms with Gasteiger partial charge in [-0.05, 0) is 31.5 Å². The second-order valence-electron chi connectivity index (χ2n) is 4.87. The number of rotatable bonds is 5. The van der Waals surface area contributed by atoms with Crippen LogP contribution in [0, 0.1) is 11.7 Å². The van der Waals surface area contributed by atoms with Crippen molar-refractivity contribution < 1.29 is 9.13 Å². The highest BCUT2D eigenvalue weighted by molar-refractivity contribution is 6.35. The Labute approximate surface area is 123 Å². The van der Waals surface area contributed by atoms with Gasteiger partial charge in [-0.15, -0.1) is 0 Å². The standard InChI is InChI=1S/C14H18Cl2FNO/c1-2-3-11(9-6-7-18-8-9)19-12-5-4-10(15)14(17)13(12)16/h4-5,9,11,18H,2-3,6-8H2,1H3/t9-,11-/m0/s1. The molecular formula is C14H18Cl2FNO. The second-order valence-corrected chi connectivity index (χ2v) is 5.66. The Bertz CT molecular complexity index is 436. The quantitative estimate of drug-likeness (QED) is 0.819. The van der Waals surface area contributed by atoms with E-state index in [1.54, 1.807) is 6.07 Å². The molecule has 19 heavy (non-hydrogen) atoms. The molecule has 106 valence electrons. The van der Waals surface area contributed by atoms with Gasteiger partial charge in [0.15, 0.2) is 5.82 Å². The lowest BCUT2D eigenvalue weighted by Crippen LogP contribution is -2.28. The summed E-state index contributed by atoms with van der Waals surface area (Å²) in [5, 5.41) is 3.32. The number of ether oxygens (including phenoxy) is 1. The molecular weight excluding hydrogens is 288 g/mol. The van der Waals surface area contributed by atoms with Gasteiger partial charge in [-0.3, -0.25) is 0 Å². The summed E-state index contributed by atoms with van der Waals surface area (Å²) in [6.45, 7) is 4.07. The number of hydrogen-bond acceptors (Lipinski definition) is 2. The van der Waals surface area contributed by atoms with Crippen molar-refractivity contribution in [3.05, 3.63) is 28.0 Å². The van der Waals surface area contributed by atoms with Gasteiger partial charge in [0, 0.05) is 12.5 Å². The van der Waals surface area contributed by atoms with Gasteiger partial charge in [0.1, 0.15) is 16.9 Å². The first-order chi connectivity index (χ1) is 9.13. The summed E-state index contributed by atoms with van der Waals surface area (Å²) in [7, 11) is 0. The first-order valence-electron chi connectivity index (χ1n) is 6.64. The Morgan fingerprint density at radius 3 is 2.89 bits per heavy atom. The van der Waals surface area contributed by atoms with E-state index in [9.17, 15) is 4.39 Å². The Morgan fingerprint density at radius 1 is 1.47 bits per heavy atom. The molecule has 1 aromatic carbocycles. The van der Waals surface area contributed by atoms with Gasteiger partial charge in [-0.25, -0.2) is 4.39 Å². The largest absolute Gasteiger partial charge is 0.488 e.